The lowest BCUT2D eigenvalue weighted by Crippen LogP contribution is -2.35. The number of hydrogen-bond donors (Lipinski definition) is 0. The number of carbonyl (C=O) groups is 1. The number of anilines is 1. The predicted octanol–water partition coefficient (Wildman–Crippen LogP) is 2.36. The Morgan fingerprint density at radius 3 is 2.44 bits per heavy atom. The molecule has 0 bridgehead atoms. The summed E-state index contributed by atoms with van der Waals surface area (Å²) in [5.74, 6) is -0.530. The number of fused-ring (bicyclic) bond motifs is 1. The van der Waals surface area contributed by atoms with Crippen LogP contribution in [-0.2, 0) is 13.1 Å². The number of hydrogen-bond acceptors (Lipinski definition) is 3. The van der Waals surface area contributed by atoms with Crippen molar-refractivity contribution in [3.05, 3.63) is 82.0 Å². The van der Waals surface area contributed by atoms with Crippen molar-refractivity contribution in [3.8, 4) is 0 Å². The maximum Gasteiger partial charge on any atom is 0.354 e. The molecule has 0 aliphatic carbocycles. The molecule has 8 heteroatoms. The van der Waals surface area contributed by atoms with Crippen molar-refractivity contribution >= 4 is 11.7 Å². The van der Waals surface area contributed by atoms with Gasteiger partial charge in [-0.05, 0) is 42.0 Å². The van der Waals surface area contributed by atoms with Crippen molar-refractivity contribution in [1.29, 1.82) is 0 Å². The number of rotatable bonds is 3. The van der Waals surface area contributed by atoms with Gasteiger partial charge in [-0.3, -0.25) is 4.90 Å². The molecule has 0 saturated heterocycles. The summed E-state index contributed by atoms with van der Waals surface area (Å²) in [5, 5.41) is 4.17. The van der Waals surface area contributed by atoms with Gasteiger partial charge in [-0.2, -0.15) is 9.67 Å². The molecule has 1 aromatic heterocycles. The van der Waals surface area contributed by atoms with E-state index in [2.05, 4.69) is 5.10 Å². The van der Waals surface area contributed by atoms with Gasteiger partial charge in [0.25, 0.3) is 0 Å². The van der Waals surface area contributed by atoms with Gasteiger partial charge >= 0.3 is 11.7 Å². The Bertz CT molecular complexity index is 1020. The number of carbonyl (C=O) groups excluding carboxylic acids is 1. The summed E-state index contributed by atoms with van der Waals surface area (Å²) < 4.78 is 28.4. The number of nitrogens with zero attached hydrogens (tertiary/aromatic N) is 4. The Morgan fingerprint density at radius 1 is 1.00 bits per heavy atom. The molecule has 2 heterocycles. The van der Waals surface area contributed by atoms with E-state index in [4.69, 9.17) is 0 Å². The standard InChI is InChI=1S/C17H12F2N4O2/c18-12-4-6-14(7-5-12)21-10-15-20-22(17(25)23(15)16(21)24)9-11-2-1-3-13(19)8-11/h1-8H,9-10H2. The van der Waals surface area contributed by atoms with Gasteiger partial charge in [0.05, 0.1) is 13.1 Å². The summed E-state index contributed by atoms with van der Waals surface area (Å²) in [7, 11) is 0. The average Bonchev–Trinajstić information content (AvgIpc) is 3.06. The van der Waals surface area contributed by atoms with Crippen LogP contribution in [0, 0.1) is 11.6 Å². The normalized spacial score (nSPS) is 13.4. The first-order valence-corrected chi connectivity index (χ1v) is 7.53. The SMILES string of the molecule is O=C1N(c2ccc(F)cc2)Cc2nn(Cc3cccc(F)c3)c(=O)n21. The van der Waals surface area contributed by atoms with E-state index < -0.39 is 23.4 Å². The Kier molecular flexibility index (Phi) is 3.45. The van der Waals surface area contributed by atoms with Crippen LogP contribution >= 0.6 is 0 Å². The lowest BCUT2D eigenvalue weighted by Gasteiger charge is -2.14. The highest BCUT2D eigenvalue weighted by Crippen LogP contribution is 2.22. The zero-order valence-electron chi connectivity index (χ0n) is 12.9. The van der Waals surface area contributed by atoms with Crippen LogP contribution in [0.15, 0.2) is 53.3 Å². The third-order valence-corrected chi connectivity index (χ3v) is 3.99. The quantitative estimate of drug-likeness (QED) is 0.734. The van der Waals surface area contributed by atoms with Crippen molar-refractivity contribution in [3.63, 3.8) is 0 Å². The van der Waals surface area contributed by atoms with Crippen LogP contribution in [-0.4, -0.2) is 20.4 Å². The molecule has 0 unspecified atom stereocenters. The monoisotopic (exact) mass is 342 g/mol. The minimum Gasteiger partial charge on any atom is -0.286 e. The molecule has 25 heavy (non-hydrogen) atoms. The van der Waals surface area contributed by atoms with Crippen LogP contribution < -0.4 is 10.6 Å². The molecule has 1 aliphatic heterocycles. The molecule has 1 amide bonds. The maximum atomic E-state index is 13.3. The Morgan fingerprint density at radius 2 is 1.76 bits per heavy atom. The molecule has 0 N–H and O–H groups in total. The van der Waals surface area contributed by atoms with Crippen LogP contribution in [0.4, 0.5) is 19.3 Å². The molecular weight excluding hydrogens is 330 g/mol. The summed E-state index contributed by atoms with van der Waals surface area (Å²) >= 11 is 0. The van der Waals surface area contributed by atoms with Crippen LogP contribution in [0.2, 0.25) is 0 Å². The minimum absolute atomic E-state index is 0.0699. The van der Waals surface area contributed by atoms with Gasteiger partial charge in [-0.1, -0.05) is 12.1 Å². The molecule has 0 fully saturated rings. The first-order chi connectivity index (χ1) is 12.0. The summed E-state index contributed by atoms with van der Waals surface area (Å²) in [4.78, 5) is 26.3. The predicted molar refractivity (Wildman–Crippen MR) is 85.4 cm³/mol. The highest BCUT2D eigenvalue weighted by atomic mass is 19.1. The van der Waals surface area contributed by atoms with Crippen molar-refractivity contribution in [2.24, 2.45) is 0 Å². The van der Waals surface area contributed by atoms with Crippen LogP contribution in [0.5, 0.6) is 0 Å². The second-order valence-electron chi connectivity index (χ2n) is 5.67. The number of benzene rings is 2. The highest BCUT2D eigenvalue weighted by molar-refractivity contribution is 5.95. The molecule has 4 rings (SSSR count). The highest BCUT2D eigenvalue weighted by Gasteiger charge is 2.33. The zero-order valence-corrected chi connectivity index (χ0v) is 12.9. The summed E-state index contributed by atoms with van der Waals surface area (Å²) in [5.41, 5.74) is 0.462. The molecular formula is C17H12F2N4O2. The second-order valence-corrected chi connectivity index (χ2v) is 5.67. The topological polar surface area (TPSA) is 60.1 Å². The van der Waals surface area contributed by atoms with E-state index in [0.29, 0.717) is 11.3 Å². The van der Waals surface area contributed by atoms with Gasteiger partial charge in [0.15, 0.2) is 5.82 Å². The van der Waals surface area contributed by atoms with Gasteiger partial charge in [-0.25, -0.2) is 23.1 Å². The largest absolute Gasteiger partial charge is 0.354 e. The van der Waals surface area contributed by atoms with Crippen molar-refractivity contribution in [1.82, 2.24) is 14.3 Å². The Hall–Kier alpha value is -3.29. The fourth-order valence-electron chi connectivity index (χ4n) is 2.81. The maximum absolute atomic E-state index is 13.3. The van der Waals surface area contributed by atoms with Crippen LogP contribution in [0.3, 0.4) is 0 Å². The molecule has 2 aromatic carbocycles. The Labute approximate surface area is 140 Å². The van der Waals surface area contributed by atoms with Gasteiger partial charge in [0.2, 0.25) is 0 Å². The summed E-state index contributed by atoms with van der Waals surface area (Å²) in [6, 6.07) is 10.7. The smallest absolute Gasteiger partial charge is 0.286 e. The van der Waals surface area contributed by atoms with E-state index in [-0.39, 0.29) is 18.9 Å². The van der Waals surface area contributed by atoms with Crippen molar-refractivity contribution < 1.29 is 13.6 Å². The molecule has 3 aromatic rings. The van der Waals surface area contributed by atoms with E-state index in [1.54, 1.807) is 12.1 Å². The molecule has 126 valence electrons. The van der Waals surface area contributed by atoms with Crippen LogP contribution in [0.1, 0.15) is 11.4 Å². The van der Waals surface area contributed by atoms with E-state index in [1.807, 2.05) is 0 Å². The van der Waals surface area contributed by atoms with E-state index in [0.717, 1.165) is 9.25 Å². The first kappa shape index (κ1) is 15.3. The second kappa shape index (κ2) is 5.66. The van der Waals surface area contributed by atoms with E-state index in [1.165, 1.54) is 41.3 Å². The van der Waals surface area contributed by atoms with Crippen LogP contribution in [0.25, 0.3) is 0 Å². The number of amides is 1. The molecule has 0 spiro atoms. The molecule has 0 saturated carbocycles. The van der Waals surface area contributed by atoms with Crippen molar-refractivity contribution in [2.45, 2.75) is 13.1 Å². The molecule has 0 atom stereocenters. The zero-order chi connectivity index (χ0) is 17.6. The molecule has 0 radical (unpaired) electrons. The number of halogens is 2. The third kappa shape index (κ3) is 2.61. The summed E-state index contributed by atoms with van der Waals surface area (Å²) in [6.07, 6.45) is 0. The van der Waals surface area contributed by atoms with E-state index >= 15 is 0 Å². The fraction of sp³-hybridized carbons (Fsp3) is 0.118. The third-order valence-electron chi connectivity index (χ3n) is 3.99. The van der Waals surface area contributed by atoms with Gasteiger partial charge in [0.1, 0.15) is 11.6 Å². The van der Waals surface area contributed by atoms with Crippen molar-refractivity contribution in [2.75, 3.05) is 4.90 Å². The van der Waals surface area contributed by atoms with Gasteiger partial charge in [-0.15, -0.1) is 0 Å². The lowest BCUT2D eigenvalue weighted by molar-refractivity contribution is 0.250. The number of aromatic nitrogens is 3. The first-order valence-electron chi connectivity index (χ1n) is 7.53. The van der Waals surface area contributed by atoms with Gasteiger partial charge < -0.3 is 0 Å². The van der Waals surface area contributed by atoms with Gasteiger partial charge in [0, 0.05) is 5.69 Å². The van der Waals surface area contributed by atoms with E-state index in [9.17, 15) is 18.4 Å². The summed E-state index contributed by atoms with van der Waals surface area (Å²) in [6.45, 7) is 0.177. The lowest BCUT2D eigenvalue weighted by atomic mass is 10.2. The minimum atomic E-state index is -0.589. The fourth-order valence-corrected chi connectivity index (χ4v) is 2.81. The Balaban J connectivity index is 1.64. The average molecular weight is 342 g/mol. The molecule has 1 aliphatic rings. The molecule has 6 nitrogen and oxygen atoms in total.